The van der Waals surface area contributed by atoms with Crippen molar-refractivity contribution in [2.24, 2.45) is 0 Å². The third kappa shape index (κ3) is 1.36. The van der Waals surface area contributed by atoms with Crippen molar-refractivity contribution >= 4 is 38.7 Å². The van der Waals surface area contributed by atoms with Gasteiger partial charge in [-0.3, -0.25) is 10.1 Å². The van der Waals surface area contributed by atoms with E-state index in [1.165, 1.54) is 11.3 Å². The molecule has 2 aromatic rings. The maximum Gasteiger partial charge on any atom is 0.296 e. The van der Waals surface area contributed by atoms with Crippen molar-refractivity contribution < 1.29 is 4.92 Å². The Kier molecular flexibility index (Phi) is 2.17. The number of aryl methyl sites for hydroxylation is 1. The SMILES string of the molecule is Cc1cc2c([N+](=O)[O-])c(Cl)ccc2s1. The van der Waals surface area contributed by atoms with Gasteiger partial charge < -0.3 is 0 Å². The quantitative estimate of drug-likeness (QED) is 0.550. The summed E-state index contributed by atoms with van der Waals surface area (Å²) in [5, 5.41) is 11.6. The van der Waals surface area contributed by atoms with E-state index in [1.807, 2.05) is 13.0 Å². The van der Waals surface area contributed by atoms with Gasteiger partial charge in [-0.05, 0) is 25.1 Å². The second-order valence-corrected chi connectivity index (χ2v) is 4.62. The first-order valence-corrected chi connectivity index (χ1v) is 5.12. The van der Waals surface area contributed by atoms with Crippen molar-refractivity contribution in [2.75, 3.05) is 0 Å². The third-order valence-electron chi connectivity index (χ3n) is 1.93. The lowest BCUT2D eigenvalue weighted by molar-refractivity contribution is -0.382. The van der Waals surface area contributed by atoms with E-state index >= 15 is 0 Å². The van der Waals surface area contributed by atoms with Gasteiger partial charge in [-0.2, -0.15) is 0 Å². The first kappa shape index (κ1) is 9.43. The van der Waals surface area contributed by atoms with Crippen molar-refractivity contribution in [1.82, 2.24) is 0 Å². The van der Waals surface area contributed by atoms with Crippen LogP contribution in [0.25, 0.3) is 10.1 Å². The standard InChI is InChI=1S/C9H6ClNO2S/c1-5-4-6-8(14-5)3-2-7(10)9(6)11(12)13/h2-4H,1H3. The molecule has 5 heteroatoms. The molecule has 3 nitrogen and oxygen atoms in total. The number of nitro groups is 1. The van der Waals surface area contributed by atoms with Gasteiger partial charge in [0.05, 0.1) is 10.3 Å². The van der Waals surface area contributed by atoms with E-state index < -0.39 is 4.92 Å². The fourth-order valence-electron chi connectivity index (χ4n) is 1.38. The Balaban J connectivity index is 2.88. The van der Waals surface area contributed by atoms with Gasteiger partial charge in [-0.1, -0.05) is 11.6 Å². The third-order valence-corrected chi connectivity index (χ3v) is 3.25. The molecule has 0 aliphatic rings. The average Bonchev–Trinajstić information content (AvgIpc) is 2.43. The highest BCUT2D eigenvalue weighted by Crippen LogP contribution is 2.37. The van der Waals surface area contributed by atoms with E-state index in [0.717, 1.165) is 9.58 Å². The summed E-state index contributed by atoms with van der Waals surface area (Å²) >= 11 is 7.30. The van der Waals surface area contributed by atoms with Crippen LogP contribution in [0.1, 0.15) is 4.88 Å². The number of benzene rings is 1. The topological polar surface area (TPSA) is 43.1 Å². The first-order chi connectivity index (χ1) is 6.59. The summed E-state index contributed by atoms with van der Waals surface area (Å²) in [4.78, 5) is 11.4. The molecule has 0 aliphatic heterocycles. The lowest BCUT2D eigenvalue weighted by Crippen LogP contribution is -1.88. The summed E-state index contributed by atoms with van der Waals surface area (Å²) in [6.07, 6.45) is 0. The van der Waals surface area contributed by atoms with Crippen LogP contribution in [0.3, 0.4) is 0 Å². The summed E-state index contributed by atoms with van der Waals surface area (Å²) in [6.45, 7) is 1.92. The Morgan fingerprint density at radius 2 is 2.21 bits per heavy atom. The second kappa shape index (κ2) is 3.22. The predicted molar refractivity (Wildman–Crippen MR) is 58.2 cm³/mol. The second-order valence-electron chi connectivity index (χ2n) is 2.92. The lowest BCUT2D eigenvalue weighted by atomic mass is 10.2. The Labute approximate surface area is 89.1 Å². The van der Waals surface area contributed by atoms with E-state index in [0.29, 0.717) is 5.39 Å². The molecule has 0 atom stereocenters. The number of thiophene rings is 1. The Morgan fingerprint density at radius 1 is 1.50 bits per heavy atom. The Morgan fingerprint density at radius 3 is 2.86 bits per heavy atom. The fraction of sp³-hybridized carbons (Fsp3) is 0.111. The average molecular weight is 228 g/mol. The smallest absolute Gasteiger partial charge is 0.258 e. The lowest BCUT2D eigenvalue weighted by Gasteiger charge is -1.95. The molecule has 0 saturated carbocycles. The van der Waals surface area contributed by atoms with Gasteiger partial charge >= 0.3 is 0 Å². The van der Waals surface area contributed by atoms with Crippen molar-refractivity contribution in [2.45, 2.75) is 6.92 Å². The minimum absolute atomic E-state index is 0.00789. The van der Waals surface area contributed by atoms with Crippen LogP contribution in [-0.2, 0) is 0 Å². The highest BCUT2D eigenvalue weighted by Gasteiger charge is 2.18. The minimum atomic E-state index is -0.434. The molecule has 1 aromatic carbocycles. The molecule has 72 valence electrons. The van der Waals surface area contributed by atoms with Gasteiger partial charge in [0.15, 0.2) is 0 Å². The van der Waals surface area contributed by atoms with Crippen molar-refractivity contribution in [3.8, 4) is 0 Å². The molecule has 0 amide bonds. The van der Waals surface area contributed by atoms with Gasteiger partial charge in [0.1, 0.15) is 5.02 Å². The van der Waals surface area contributed by atoms with Crippen LogP contribution >= 0.6 is 22.9 Å². The molecule has 1 aromatic heterocycles. The number of fused-ring (bicyclic) bond motifs is 1. The molecule has 0 aliphatic carbocycles. The number of hydrogen-bond donors (Lipinski definition) is 0. The fourth-order valence-corrected chi connectivity index (χ4v) is 2.54. The van der Waals surface area contributed by atoms with E-state index in [-0.39, 0.29) is 10.7 Å². The molecule has 0 bridgehead atoms. The van der Waals surface area contributed by atoms with Crippen LogP contribution in [0.2, 0.25) is 5.02 Å². The number of hydrogen-bond acceptors (Lipinski definition) is 3. The van der Waals surface area contributed by atoms with E-state index in [2.05, 4.69) is 0 Å². The Bertz CT molecular complexity index is 521. The van der Waals surface area contributed by atoms with Crippen molar-refractivity contribution in [1.29, 1.82) is 0 Å². The molecule has 2 rings (SSSR count). The molecular formula is C9H6ClNO2S. The largest absolute Gasteiger partial charge is 0.296 e. The molecule has 0 fully saturated rings. The number of rotatable bonds is 1. The van der Waals surface area contributed by atoms with Gasteiger partial charge in [-0.25, -0.2) is 0 Å². The zero-order valence-corrected chi connectivity index (χ0v) is 8.85. The van der Waals surface area contributed by atoms with Crippen molar-refractivity contribution in [3.63, 3.8) is 0 Å². The van der Waals surface area contributed by atoms with Gasteiger partial charge in [0, 0.05) is 9.58 Å². The van der Waals surface area contributed by atoms with E-state index in [1.54, 1.807) is 12.1 Å². The maximum atomic E-state index is 10.8. The molecule has 0 unspecified atom stereocenters. The minimum Gasteiger partial charge on any atom is -0.258 e. The highest BCUT2D eigenvalue weighted by molar-refractivity contribution is 7.19. The van der Waals surface area contributed by atoms with Crippen molar-refractivity contribution in [3.05, 3.63) is 38.2 Å². The van der Waals surface area contributed by atoms with Crippen LogP contribution < -0.4 is 0 Å². The van der Waals surface area contributed by atoms with Crippen LogP contribution in [0.15, 0.2) is 18.2 Å². The number of nitrogens with zero attached hydrogens (tertiary/aromatic N) is 1. The molecule has 0 saturated heterocycles. The molecule has 14 heavy (non-hydrogen) atoms. The molecule has 0 radical (unpaired) electrons. The normalized spacial score (nSPS) is 10.7. The number of nitro benzene ring substituents is 1. The van der Waals surface area contributed by atoms with Gasteiger partial charge in [0.2, 0.25) is 0 Å². The summed E-state index contributed by atoms with van der Waals surface area (Å²) in [7, 11) is 0. The summed E-state index contributed by atoms with van der Waals surface area (Å²) in [6, 6.07) is 5.17. The van der Waals surface area contributed by atoms with Crippen LogP contribution in [0.5, 0.6) is 0 Å². The van der Waals surface area contributed by atoms with Crippen LogP contribution in [0.4, 0.5) is 5.69 Å². The number of halogens is 1. The van der Waals surface area contributed by atoms with E-state index in [4.69, 9.17) is 11.6 Å². The zero-order valence-electron chi connectivity index (χ0n) is 7.28. The molecule has 0 N–H and O–H groups in total. The first-order valence-electron chi connectivity index (χ1n) is 3.92. The van der Waals surface area contributed by atoms with E-state index in [9.17, 15) is 10.1 Å². The molecular weight excluding hydrogens is 222 g/mol. The maximum absolute atomic E-state index is 10.8. The summed E-state index contributed by atoms with van der Waals surface area (Å²) in [5.41, 5.74) is 0.00789. The summed E-state index contributed by atoms with van der Waals surface area (Å²) < 4.78 is 0.901. The molecule has 0 spiro atoms. The summed E-state index contributed by atoms with van der Waals surface area (Å²) in [5.74, 6) is 0. The Hall–Kier alpha value is -1.13. The van der Waals surface area contributed by atoms with Crippen LogP contribution in [-0.4, -0.2) is 4.92 Å². The predicted octanol–water partition coefficient (Wildman–Crippen LogP) is 3.77. The monoisotopic (exact) mass is 227 g/mol. The van der Waals surface area contributed by atoms with Gasteiger partial charge in [-0.15, -0.1) is 11.3 Å². The van der Waals surface area contributed by atoms with Gasteiger partial charge in [0.25, 0.3) is 5.69 Å². The zero-order chi connectivity index (χ0) is 10.3. The molecule has 1 heterocycles. The van der Waals surface area contributed by atoms with Crippen LogP contribution in [0, 0.1) is 17.0 Å². The highest BCUT2D eigenvalue weighted by atomic mass is 35.5.